The first-order chi connectivity index (χ1) is 28.2. The number of H-pyrrole nitrogens is 1. The summed E-state index contributed by atoms with van der Waals surface area (Å²) in [4.78, 5) is 49.6. The van der Waals surface area contributed by atoms with E-state index in [1.165, 1.54) is 13.1 Å². The van der Waals surface area contributed by atoms with E-state index < -0.39 is 161 Å². The Kier molecular flexibility index (Phi) is 16.5. The Bertz CT molecular complexity index is 1760. The predicted molar refractivity (Wildman–Crippen MR) is 197 cm³/mol. The summed E-state index contributed by atoms with van der Waals surface area (Å²) in [6, 6.07) is -3.84. The quantitative estimate of drug-likeness (QED) is 0.0685. The maximum absolute atomic E-state index is 13.1. The highest BCUT2D eigenvalue weighted by Crippen LogP contribution is 2.48. The number of nitrogens with one attached hydrogen (secondary N) is 2. The van der Waals surface area contributed by atoms with Gasteiger partial charge in [0.15, 0.2) is 12.6 Å². The van der Waals surface area contributed by atoms with Gasteiger partial charge in [-0.25, -0.2) is 9.36 Å². The molecule has 3 aliphatic heterocycles. The van der Waals surface area contributed by atoms with Crippen molar-refractivity contribution in [1.29, 1.82) is 0 Å². The minimum Gasteiger partial charge on any atom is -0.394 e. The first-order valence-electron chi connectivity index (χ1n) is 19.1. The number of nitrogens with two attached hydrogens (primary N) is 4. The van der Waals surface area contributed by atoms with E-state index in [2.05, 4.69) is 10.3 Å². The van der Waals surface area contributed by atoms with Crippen LogP contribution in [0.4, 0.5) is 0 Å². The van der Waals surface area contributed by atoms with Crippen LogP contribution >= 0.6 is 7.82 Å². The highest BCUT2D eigenvalue weighted by molar-refractivity contribution is 7.47. The number of hydrogen-bond donors (Lipinski definition) is 15. The molecule has 1 unspecified atom stereocenters. The maximum Gasteiger partial charge on any atom is 0.472 e. The average Bonchev–Trinajstić information content (AvgIpc) is 3.57. The van der Waals surface area contributed by atoms with Crippen molar-refractivity contribution in [2.75, 3.05) is 26.3 Å². The van der Waals surface area contributed by atoms with E-state index in [1.807, 2.05) is 0 Å². The second kappa shape index (κ2) is 20.4. The van der Waals surface area contributed by atoms with Crippen LogP contribution in [0.1, 0.15) is 31.1 Å². The second-order valence-corrected chi connectivity index (χ2v) is 16.5. The van der Waals surface area contributed by atoms with Crippen LogP contribution in [0.25, 0.3) is 0 Å². The number of aliphatic hydroxyl groups excluding tert-OH is 8. The number of ether oxygens (including phenoxy) is 5. The van der Waals surface area contributed by atoms with Gasteiger partial charge in [-0.2, -0.15) is 0 Å². The Morgan fingerprint density at radius 2 is 1.58 bits per heavy atom. The summed E-state index contributed by atoms with van der Waals surface area (Å²) >= 11 is 0. The molecule has 1 aliphatic carbocycles. The Morgan fingerprint density at radius 1 is 0.933 bits per heavy atom. The summed E-state index contributed by atoms with van der Waals surface area (Å²) in [5, 5.41) is 87.9. The van der Waals surface area contributed by atoms with Crippen molar-refractivity contribution in [2.24, 2.45) is 22.9 Å². The van der Waals surface area contributed by atoms with E-state index in [9.17, 15) is 64.7 Å². The molecular formula is C32H56N7O20P. The number of hydrogen-bond acceptors (Lipinski definition) is 23. The summed E-state index contributed by atoms with van der Waals surface area (Å²) < 4.78 is 53.0. The lowest BCUT2D eigenvalue weighted by atomic mass is 9.83. The highest BCUT2D eigenvalue weighted by atomic mass is 31.2. The van der Waals surface area contributed by atoms with Gasteiger partial charge in [0, 0.05) is 30.8 Å². The number of amides is 1. The van der Waals surface area contributed by atoms with Crippen molar-refractivity contribution in [3.63, 3.8) is 0 Å². The number of aromatic nitrogens is 2. The number of nitrogens with zero attached hydrogens (tertiary/aromatic N) is 1. The Balaban J connectivity index is 1.26. The molecule has 27 nitrogen and oxygen atoms in total. The summed E-state index contributed by atoms with van der Waals surface area (Å²) in [6.45, 7) is -0.645. The molecule has 5 rings (SSSR count). The predicted octanol–water partition coefficient (Wildman–Crippen LogP) is -8.78. The van der Waals surface area contributed by atoms with Gasteiger partial charge in [0.2, 0.25) is 5.91 Å². The number of carbonyl (C=O) groups is 1. The second-order valence-electron chi connectivity index (χ2n) is 15.1. The van der Waals surface area contributed by atoms with Gasteiger partial charge in [-0.1, -0.05) is 0 Å². The molecular weight excluding hydrogens is 833 g/mol. The number of aliphatic hydroxyl groups is 8. The normalized spacial score (nSPS) is 41.4. The topological polar surface area (TPSA) is 452 Å². The lowest BCUT2D eigenvalue weighted by Gasteiger charge is -2.49. The molecule has 1 saturated carbocycles. The van der Waals surface area contributed by atoms with Gasteiger partial charge in [-0.15, -0.1) is 0 Å². The first-order valence-corrected chi connectivity index (χ1v) is 20.5. The molecule has 0 spiro atoms. The zero-order chi connectivity index (χ0) is 44.4. The van der Waals surface area contributed by atoms with E-state index in [0.717, 1.165) is 4.57 Å². The highest BCUT2D eigenvalue weighted by Gasteiger charge is 2.54. The van der Waals surface area contributed by atoms with Crippen LogP contribution in [0.2, 0.25) is 0 Å². The molecule has 0 aromatic carbocycles. The van der Waals surface area contributed by atoms with Crippen LogP contribution < -0.4 is 39.5 Å². The lowest BCUT2D eigenvalue weighted by Crippen LogP contribution is -2.69. The number of aryl methyl sites for hydroxylation is 1. The third-order valence-corrected chi connectivity index (χ3v) is 11.8. The lowest BCUT2D eigenvalue weighted by molar-refractivity contribution is -0.331. The number of aromatic amines is 1. The van der Waals surface area contributed by atoms with Crippen molar-refractivity contribution in [2.45, 2.75) is 142 Å². The molecule has 0 bridgehead atoms. The van der Waals surface area contributed by atoms with Crippen LogP contribution in [0.3, 0.4) is 0 Å². The van der Waals surface area contributed by atoms with Gasteiger partial charge in [-0.3, -0.25) is 28.2 Å². The summed E-state index contributed by atoms with van der Waals surface area (Å²) in [6.07, 6.45) is -25.3. The van der Waals surface area contributed by atoms with Crippen molar-refractivity contribution in [3.8, 4) is 0 Å². The summed E-state index contributed by atoms with van der Waals surface area (Å²) in [5.41, 5.74) is 22.3. The minimum atomic E-state index is -5.18. The van der Waals surface area contributed by atoms with Crippen LogP contribution in [0, 0.1) is 6.92 Å². The summed E-state index contributed by atoms with van der Waals surface area (Å²) in [5.74, 6) is -0.923. The van der Waals surface area contributed by atoms with Crippen molar-refractivity contribution in [3.05, 3.63) is 32.6 Å². The Morgan fingerprint density at radius 3 is 2.23 bits per heavy atom. The fourth-order valence-electron chi connectivity index (χ4n) is 7.37. The zero-order valence-corrected chi connectivity index (χ0v) is 33.1. The average molecular weight is 890 g/mol. The maximum atomic E-state index is 13.1. The summed E-state index contributed by atoms with van der Waals surface area (Å²) in [7, 11) is -5.18. The molecule has 1 aromatic heterocycles. The molecule has 19 N–H and O–H groups in total. The van der Waals surface area contributed by atoms with Crippen LogP contribution in [0.5, 0.6) is 0 Å². The fraction of sp³-hybridized carbons (Fsp3) is 0.844. The first kappa shape index (κ1) is 48.6. The number of rotatable bonds is 16. The van der Waals surface area contributed by atoms with Gasteiger partial charge >= 0.3 is 13.5 Å². The van der Waals surface area contributed by atoms with Gasteiger partial charge in [0.25, 0.3) is 5.56 Å². The minimum absolute atomic E-state index is 0.0546. The number of phosphoric ester groups is 1. The molecule has 28 heteroatoms. The SMILES string of the molecule is Cc1cn([C@H]2C[C@H](O)[C@@H](COP(=O)(O)O[C@H]3[C@H](O)[C@@H](O)[C@@H](O[C@H]4[C@H](O)[C@@H](O[C@H]5O[C@H](CO)[C@@H](O)[C@H](N)[C@H]5O)[C@H](NC(=O)[C@@H](O)CCN)C[C@@H]4N)O[C@@H]3CN)O2)c(=O)[nH]c1=O. The van der Waals surface area contributed by atoms with E-state index in [0.29, 0.717) is 0 Å². The standard InChI is InChI=1S/C32H56N7O20P/c1-10-7-39(32(50)38-28(10)48)18-5-14(42)17(54-18)9-53-60(51,52)59-27-15(6-34)55-31(23(46)22(27)45)57-25-11(35)4-12(37-29(49)13(41)2-3-33)26(24(25)47)58-30-21(44)19(36)20(43)16(8-40)56-30/h7,11-27,30-31,40-47H,2-6,8-9,33-36H2,1H3,(H,37,49)(H,51,52)(H,38,48,50)/t11-,12+,13-,14-,15+,16+,17+,18+,19-,20+,21+,22+,23+,24-,25+,26-,27+,30+,31+/m0/s1. The molecule has 4 fully saturated rings. The largest absolute Gasteiger partial charge is 0.472 e. The molecule has 3 saturated heterocycles. The van der Waals surface area contributed by atoms with Gasteiger partial charge in [-0.05, 0) is 26.3 Å². The van der Waals surface area contributed by atoms with Crippen molar-refractivity contribution in [1.82, 2.24) is 14.9 Å². The molecule has 60 heavy (non-hydrogen) atoms. The molecule has 344 valence electrons. The monoisotopic (exact) mass is 889 g/mol. The van der Waals surface area contributed by atoms with Crippen molar-refractivity contribution >= 4 is 13.7 Å². The molecule has 4 heterocycles. The Labute approximate surface area is 340 Å². The third-order valence-electron chi connectivity index (χ3n) is 10.8. The van der Waals surface area contributed by atoms with Crippen LogP contribution in [-0.4, -0.2) is 198 Å². The Hall–Kier alpha value is -2.42. The van der Waals surface area contributed by atoms with Gasteiger partial charge in [0.1, 0.15) is 79.5 Å². The van der Waals surface area contributed by atoms with E-state index in [4.69, 9.17) is 55.7 Å². The number of carbonyl (C=O) groups excluding carboxylic acids is 1. The zero-order valence-electron chi connectivity index (χ0n) is 32.2. The molecule has 20 atom stereocenters. The smallest absolute Gasteiger partial charge is 0.394 e. The fourth-order valence-corrected chi connectivity index (χ4v) is 8.33. The molecule has 1 amide bonds. The van der Waals surface area contributed by atoms with Crippen LogP contribution in [-0.2, 0) is 42.1 Å². The van der Waals surface area contributed by atoms with E-state index in [-0.39, 0.29) is 31.4 Å². The molecule has 1 aromatic rings. The van der Waals surface area contributed by atoms with E-state index in [1.54, 1.807) is 0 Å². The number of phosphoric acid groups is 1. The third kappa shape index (κ3) is 10.8. The van der Waals surface area contributed by atoms with E-state index >= 15 is 0 Å². The van der Waals surface area contributed by atoms with Gasteiger partial charge in [0.05, 0.1) is 31.4 Å². The van der Waals surface area contributed by atoms with Gasteiger partial charge < -0.3 is 97.7 Å². The van der Waals surface area contributed by atoms with Crippen LogP contribution in [0.15, 0.2) is 15.8 Å². The van der Waals surface area contributed by atoms with Crippen molar-refractivity contribution < 1.29 is 87.8 Å². The molecule has 0 radical (unpaired) electrons. The molecule has 4 aliphatic rings.